The molecule has 2 aromatic carbocycles. The molecule has 0 radical (unpaired) electrons. The number of hydrogen-bond donors (Lipinski definition) is 1. The molecule has 0 fully saturated rings. The van der Waals surface area contributed by atoms with Crippen molar-refractivity contribution in [2.45, 2.75) is 19.9 Å². The third kappa shape index (κ3) is 3.79. The Morgan fingerprint density at radius 1 is 1.24 bits per heavy atom. The van der Waals surface area contributed by atoms with Gasteiger partial charge in [0.05, 0.1) is 6.04 Å². The summed E-state index contributed by atoms with van der Waals surface area (Å²) in [6.07, 6.45) is 0. The van der Waals surface area contributed by atoms with Crippen molar-refractivity contribution >= 4 is 33.2 Å². The van der Waals surface area contributed by atoms with Crippen molar-refractivity contribution in [3.05, 3.63) is 63.1 Å². The molecule has 0 aromatic heterocycles. The van der Waals surface area contributed by atoms with Crippen LogP contribution >= 0.6 is 27.5 Å². The van der Waals surface area contributed by atoms with E-state index in [4.69, 9.17) is 17.3 Å². The van der Waals surface area contributed by atoms with Crippen LogP contribution in [0.3, 0.4) is 0 Å². The van der Waals surface area contributed by atoms with Gasteiger partial charge in [-0.05, 0) is 55.3 Å². The lowest BCUT2D eigenvalue weighted by Gasteiger charge is -2.33. The molecule has 4 heteroatoms. The Morgan fingerprint density at radius 3 is 2.62 bits per heavy atom. The summed E-state index contributed by atoms with van der Waals surface area (Å²) in [6, 6.07) is 14.4. The monoisotopic (exact) mass is 366 g/mol. The number of halogens is 2. The average molecular weight is 368 g/mol. The lowest BCUT2D eigenvalue weighted by Crippen LogP contribution is -2.34. The molecule has 0 bridgehead atoms. The van der Waals surface area contributed by atoms with Crippen molar-refractivity contribution in [1.29, 1.82) is 0 Å². The van der Waals surface area contributed by atoms with Gasteiger partial charge >= 0.3 is 0 Å². The first-order chi connectivity index (χ1) is 10.1. The summed E-state index contributed by atoms with van der Waals surface area (Å²) in [5.74, 6) is 0. The quantitative estimate of drug-likeness (QED) is 0.811. The summed E-state index contributed by atoms with van der Waals surface area (Å²) in [4.78, 5) is 2.31. The number of likely N-dealkylation sites (N-methyl/N-ethyl adjacent to an activating group) is 1. The summed E-state index contributed by atoms with van der Waals surface area (Å²) in [6.45, 7) is 5.65. The minimum absolute atomic E-state index is 0.0878. The summed E-state index contributed by atoms with van der Waals surface area (Å²) in [7, 11) is 0. The Labute approximate surface area is 140 Å². The highest BCUT2D eigenvalue weighted by molar-refractivity contribution is 9.10. The zero-order valence-corrected chi connectivity index (χ0v) is 14.7. The number of anilines is 1. The van der Waals surface area contributed by atoms with Gasteiger partial charge in [-0.25, -0.2) is 0 Å². The maximum absolute atomic E-state index is 6.16. The third-order valence-electron chi connectivity index (χ3n) is 3.59. The number of hydrogen-bond acceptors (Lipinski definition) is 2. The molecular formula is C17H20BrClN2. The molecule has 0 spiro atoms. The second kappa shape index (κ2) is 7.30. The third-order valence-corrected chi connectivity index (χ3v) is 4.55. The highest BCUT2D eigenvalue weighted by atomic mass is 79.9. The molecule has 1 atom stereocenters. The van der Waals surface area contributed by atoms with Crippen molar-refractivity contribution < 1.29 is 0 Å². The van der Waals surface area contributed by atoms with Gasteiger partial charge in [0.15, 0.2) is 0 Å². The van der Waals surface area contributed by atoms with E-state index in [1.165, 1.54) is 11.3 Å². The SMILES string of the molecule is CCN(c1cccc(C)c1)C(CN)c1cc(Cl)ccc1Br. The fourth-order valence-electron chi connectivity index (χ4n) is 2.58. The Kier molecular flexibility index (Phi) is 5.68. The predicted octanol–water partition coefficient (Wildman–Crippen LogP) is 4.94. The maximum atomic E-state index is 6.16. The first-order valence-corrected chi connectivity index (χ1v) is 8.22. The molecule has 0 aliphatic heterocycles. The number of rotatable bonds is 5. The van der Waals surface area contributed by atoms with E-state index in [-0.39, 0.29) is 6.04 Å². The summed E-state index contributed by atoms with van der Waals surface area (Å²) >= 11 is 9.77. The predicted molar refractivity (Wildman–Crippen MR) is 95.1 cm³/mol. The average Bonchev–Trinajstić information content (AvgIpc) is 2.47. The summed E-state index contributed by atoms with van der Waals surface area (Å²) in [5, 5.41) is 0.729. The molecule has 2 nitrogen and oxygen atoms in total. The maximum Gasteiger partial charge on any atom is 0.0676 e. The number of nitrogens with zero attached hydrogens (tertiary/aromatic N) is 1. The lowest BCUT2D eigenvalue weighted by molar-refractivity contribution is 0.641. The van der Waals surface area contributed by atoms with Gasteiger partial charge in [-0.1, -0.05) is 39.7 Å². The minimum Gasteiger partial charge on any atom is -0.363 e. The normalized spacial score (nSPS) is 12.2. The van der Waals surface area contributed by atoms with E-state index >= 15 is 0 Å². The van der Waals surface area contributed by atoms with Crippen molar-refractivity contribution in [2.24, 2.45) is 5.73 Å². The van der Waals surface area contributed by atoms with E-state index in [9.17, 15) is 0 Å². The van der Waals surface area contributed by atoms with E-state index in [0.29, 0.717) is 6.54 Å². The van der Waals surface area contributed by atoms with Crippen LogP contribution < -0.4 is 10.6 Å². The highest BCUT2D eigenvalue weighted by Crippen LogP contribution is 2.33. The highest BCUT2D eigenvalue weighted by Gasteiger charge is 2.21. The zero-order chi connectivity index (χ0) is 15.4. The smallest absolute Gasteiger partial charge is 0.0676 e. The van der Waals surface area contributed by atoms with Crippen LogP contribution in [0.25, 0.3) is 0 Å². The summed E-state index contributed by atoms with van der Waals surface area (Å²) in [5.41, 5.74) is 9.61. The van der Waals surface area contributed by atoms with Gasteiger partial charge in [-0.15, -0.1) is 0 Å². The van der Waals surface area contributed by atoms with Gasteiger partial charge in [0.1, 0.15) is 0 Å². The fourth-order valence-corrected chi connectivity index (χ4v) is 3.27. The molecule has 1 unspecified atom stereocenters. The Bertz CT molecular complexity index is 615. The molecule has 2 rings (SSSR count). The second-order valence-corrected chi connectivity index (χ2v) is 6.33. The Hall–Kier alpha value is -1.03. The van der Waals surface area contributed by atoms with Gasteiger partial charge in [0, 0.05) is 28.3 Å². The Balaban J connectivity index is 2.44. The topological polar surface area (TPSA) is 29.3 Å². The van der Waals surface area contributed by atoms with Crippen LogP contribution in [0.1, 0.15) is 24.1 Å². The van der Waals surface area contributed by atoms with E-state index in [1.807, 2.05) is 18.2 Å². The van der Waals surface area contributed by atoms with Crippen molar-refractivity contribution in [1.82, 2.24) is 0 Å². The van der Waals surface area contributed by atoms with Crippen LogP contribution in [0.15, 0.2) is 46.9 Å². The zero-order valence-electron chi connectivity index (χ0n) is 12.3. The largest absolute Gasteiger partial charge is 0.363 e. The molecular weight excluding hydrogens is 348 g/mol. The van der Waals surface area contributed by atoms with Gasteiger partial charge in [-0.2, -0.15) is 0 Å². The summed E-state index contributed by atoms with van der Waals surface area (Å²) < 4.78 is 1.04. The van der Waals surface area contributed by atoms with Gasteiger partial charge in [0.25, 0.3) is 0 Å². The van der Waals surface area contributed by atoms with Crippen LogP contribution in [0.4, 0.5) is 5.69 Å². The number of benzene rings is 2. The number of aryl methyl sites for hydroxylation is 1. The molecule has 0 aliphatic rings. The van der Waals surface area contributed by atoms with Crippen molar-refractivity contribution in [2.75, 3.05) is 18.0 Å². The minimum atomic E-state index is 0.0878. The molecule has 0 saturated heterocycles. The molecule has 2 N–H and O–H groups in total. The molecule has 21 heavy (non-hydrogen) atoms. The first-order valence-electron chi connectivity index (χ1n) is 7.05. The standard InChI is InChI=1S/C17H20BrClN2/c1-3-21(14-6-4-5-12(2)9-14)17(11-20)15-10-13(19)7-8-16(15)18/h4-10,17H,3,11,20H2,1-2H3. The lowest BCUT2D eigenvalue weighted by atomic mass is 10.0. The van der Waals surface area contributed by atoms with Crippen LogP contribution in [0.2, 0.25) is 5.02 Å². The van der Waals surface area contributed by atoms with Crippen LogP contribution in [0.5, 0.6) is 0 Å². The first kappa shape index (κ1) is 16.3. The van der Waals surface area contributed by atoms with Crippen LogP contribution in [-0.2, 0) is 0 Å². The number of nitrogens with two attached hydrogens (primary N) is 1. The van der Waals surface area contributed by atoms with E-state index < -0.39 is 0 Å². The van der Waals surface area contributed by atoms with Crippen molar-refractivity contribution in [3.8, 4) is 0 Å². The fraction of sp³-hybridized carbons (Fsp3) is 0.294. The van der Waals surface area contributed by atoms with Crippen LogP contribution in [-0.4, -0.2) is 13.1 Å². The molecule has 0 aliphatic carbocycles. The molecule has 0 amide bonds. The van der Waals surface area contributed by atoms with Gasteiger partial charge in [0.2, 0.25) is 0 Å². The van der Waals surface area contributed by atoms with Crippen LogP contribution in [0, 0.1) is 6.92 Å². The Morgan fingerprint density at radius 2 is 2.00 bits per heavy atom. The van der Waals surface area contributed by atoms with Gasteiger partial charge < -0.3 is 10.6 Å². The van der Waals surface area contributed by atoms with Crippen molar-refractivity contribution in [3.63, 3.8) is 0 Å². The second-order valence-electron chi connectivity index (χ2n) is 5.04. The van der Waals surface area contributed by atoms with E-state index in [0.717, 1.165) is 21.6 Å². The molecule has 112 valence electrons. The molecule has 0 saturated carbocycles. The van der Waals surface area contributed by atoms with E-state index in [2.05, 4.69) is 58.9 Å². The van der Waals surface area contributed by atoms with Gasteiger partial charge in [-0.3, -0.25) is 0 Å². The molecule has 2 aromatic rings. The molecule has 0 heterocycles. The van der Waals surface area contributed by atoms with E-state index in [1.54, 1.807) is 0 Å².